The molecule has 2 heterocycles. The van der Waals surface area contributed by atoms with Crippen molar-refractivity contribution in [1.82, 2.24) is 0 Å². The van der Waals surface area contributed by atoms with Crippen molar-refractivity contribution in [3.05, 3.63) is 63.7 Å². The molecule has 0 unspecified atom stereocenters. The summed E-state index contributed by atoms with van der Waals surface area (Å²) in [6, 6.07) is 10.7. The summed E-state index contributed by atoms with van der Waals surface area (Å²) < 4.78 is 24.5. The predicted molar refractivity (Wildman–Crippen MR) is 101 cm³/mol. The minimum atomic E-state index is -3.31. The van der Waals surface area contributed by atoms with Gasteiger partial charge in [-0.05, 0) is 36.4 Å². The number of amides is 2. The van der Waals surface area contributed by atoms with Gasteiger partial charge in [-0.1, -0.05) is 11.6 Å². The zero-order valence-electron chi connectivity index (χ0n) is 13.9. The number of nitrogens with zero attached hydrogens (tertiary/aromatic N) is 3. The summed E-state index contributed by atoms with van der Waals surface area (Å²) in [7, 11) is -3.31. The number of halogens is 1. The minimum Gasteiger partial charge on any atom is -0.288 e. The Labute approximate surface area is 160 Å². The highest BCUT2D eigenvalue weighted by molar-refractivity contribution is 7.91. The number of sulfone groups is 1. The van der Waals surface area contributed by atoms with Crippen LogP contribution in [0.3, 0.4) is 0 Å². The van der Waals surface area contributed by atoms with Crippen molar-refractivity contribution in [2.24, 2.45) is 0 Å². The van der Waals surface area contributed by atoms with E-state index in [1.54, 1.807) is 24.3 Å². The Morgan fingerprint density at radius 3 is 1.81 bits per heavy atom. The molecule has 0 radical (unpaired) electrons. The quantitative estimate of drug-likeness (QED) is 0.442. The van der Waals surface area contributed by atoms with Crippen molar-refractivity contribution in [3.63, 3.8) is 0 Å². The van der Waals surface area contributed by atoms with Gasteiger partial charge in [0, 0.05) is 28.5 Å². The van der Waals surface area contributed by atoms with E-state index in [9.17, 15) is 23.3 Å². The minimum absolute atomic E-state index is 0.101. The molecule has 10 heteroatoms. The number of nitro groups is 1. The molecule has 4 rings (SSSR count). The van der Waals surface area contributed by atoms with E-state index in [4.69, 9.17) is 11.6 Å². The lowest BCUT2D eigenvalue weighted by molar-refractivity contribution is -0.384. The van der Waals surface area contributed by atoms with Crippen LogP contribution in [0, 0.1) is 10.1 Å². The third-order valence-electron chi connectivity index (χ3n) is 4.81. The van der Waals surface area contributed by atoms with Gasteiger partial charge in [0.05, 0.1) is 28.5 Å². The lowest BCUT2D eigenvalue weighted by Gasteiger charge is -2.22. The number of non-ortho nitro benzene ring substituents is 1. The van der Waals surface area contributed by atoms with Crippen molar-refractivity contribution in [3.8, 4) is 0 Å². The molecule has 2 aromatic rings. The van der Waals surface area contributed by atoms with E-state index >= 15 is 0 Å². The second kappa shape index (κ2) is 6.21. The molecule has 2 atom stereocenters. The smallest absolute Gasteiger partial charge is 0.288 e. The van der Waals surface area contributed by atoms with Crippen LogP contribution < -0.4 is 9.80 Å². The first-order valence-corrected chi connectivity index (χ1v) is 10.3. The fourth-order valence-electron chi connectivity index (χ4n) is 3.64. The molecular weight excluding hydrogens is 394 g/mol. The van der Waals surface area contributed by atoms with Crippen LogP contribution in [0.15, 0.2) is 48.5 Å². The maximum atomic E-state index is 13.1. The Bertz CT molecular complexity index is 1020. The summed E-state index contributed by atoms with van der Waals surface area (Å²) in [6.07, 6.45) is 0. The van der Waals surface area contributed by atoms with Crippen molar-refractivity contribution in [2.45, 2.75) is 12.1 Å². The monoisotopic (exact) mass is 407 g/mol. The number of benzene rings is 2. The predicted octanol–water partition coefficient (Wildman–Crippen LogP) is 2.86. The maximum absolute atomic E-state index is 13.1. The SMILES string of the molecule is O=C1N(c2ccc(Cl)cc2)[C@@H]2CS(=O)(=O)C[C@H]2N1c1ccc([N+](=O)[O-])cc1. The Morgan fingerprint density at radius 2 is 1.37 bits per heavy atom. The van der Waals surface area contributed by atoms with Crippen LogP contribution >= 0.6 is 11.6 Å². The summed E-state index contributed by atoms with van der Waals surface area (Å²) in [6.45, 7) is 0. The lowest BCUT2D eigenvalue weighted by atomic mass is 10.1. The number of fused-ring (bicyclic) bond motifs is 1. The van der Waals surface area contributed by atoms with Crippen molar-refractivity contribution < 1.29 is 18.1 Å². The lowest BCUT2D eigenvalue weighted by Crippen LogP contribution is -2.37. The summed E-state index contributed by atoms with van der Waals surface area (Å²) >= 11 is 5.91. The van der Waals surface area contributed by atoms with Crippen molar-refractivity contribution in [2.75, 3.05) is 21.3 Å². The molecule has 2 saturated heterocycles. The largest absolute Gasteiger partial charge is 0.329 e. The molecule has 2 aliphatic heterocycles. The fraction of sp³-hybridized carbons (Fsp3) is 0.235. The van der Waals surface area contributed by atoms with Gasteiger partial charge in [0.25, 0.3) is 5.69 Å². The van der Waals surface area contributed by atoms with Gasteiger partial charge in [0.15, 0.2) is 9.84 Å². The summed E-state index contributed by atoms with van der Waals surface area (Å²) in [5.41, 5.74) is 0.880. The molecular formula is C17H14ClN3O5S. The van der Waals surface area contributed by atoms with E-state index in [0.717, 1.165) is 0 Å². The van der Waals surface area contributed by atoms with Crippen molar-refractivity contribution >= 4 is 44.5 Å². The number of urea groups is 1. The van der Waals surface area contributed by atoms with Crippen LogP contribution in [0.5, 0.6) is 0 Å². The number of hydrogen-bond acceptors (Lipinski definition) is 5. The van der Waals surface area contributed by atoms with E-state index in [1.165, 1.54) is 34.1 Å². The number of carbonyl (C=O) groups is 1. The van der Waals surface area contributed by atoms with Gasteiger partial charge in [-0.2, -0.15) is 0 Å². The van der Waals surface area contributed by atoms with Gasteiger partial charge in [-0.25, -0.2) is 13.2 Å². The molecule has 2 fully saturated rings. The Hall–Kier alpha value is -2.65. The number of anilines is 2. The first-order valence-electron chi connectivity index (χ1n) is 8.10. The second-order valence-corrected chi connectivity index (χ2v) is 9.07. The van der Waals surface area contributed by atoms with E-state index in [0.29, 0.717) is 16.4 Å². The molecule has 0 N–H and O–H groups in total. The van der Waals surface area contributed by atoms with E-state index in [2.05, 4.69) is 0 Å². The van der Waals surface area contributed by atoms with Gasteiger partial charge in [-0.3, -0.25) is 19.9 Å². The Morgan fingerprint density at radius 1 is 0.926 bits per heavy atom. The van der Waals surface area contributed by atoms with Gasteiger partial charge >= 0.3 is 6.03 Å². The van der Waals surface area contributed by atoms with Gasteiger partial charge < -0.3 is 0 Å². The molecule has 0 aliphatic carbocycles. The van der Waals surface area contributed by atoms with Gasteiger partial charge in [0.1, 0.15) is 0 Å². The number of rotatable bonds is 3. The van der Waals surface area contributed by atoms with E-state index < -0.39 is 26.8 Å². The normalized spacial score (nSPS) is 23.5. The number of hydrogen-bond donors (Lipinski definition) is 0. The number of carbonyl (C=O) groups excluding carboxylic acids is 1. The number of nitro benzene ring substituents is 1. The second-order valence-electron chi connectivity index (χ2n) is 6.48. The molecule has 140 valence electrons. The van der Waals surface area contributed by atoms with Gasteiger partial charge in [0.2, 0.25) is 0 Å². The summed E-state index contributed by atoms with van der Waals surface area (Å²) in [5.74, 6) is -0.278. The van der Waals surface area contributed by atoms with Crippen LogP contribution in [0.25, 0.3) is 0 Å². The van der Waals surface area contributed by atoms with Crippen LogP contribution in [-0.4, -0.2) is 43.0 Å². The fourth-order valence-corrected chi connectivity index (χ4v) is 5.69. The average molecular weight is 408 g/mol. The average Bonchev–Trinajstić information content (AvgIpc) is 3.05. The van der Waals surface area contributed by atoms with Gasteiger partial charge in [-0.15, -0.1) is 0 Å². The van der Waals surface area contributed by atoms with Crippen molar-refractivity contribution in [1.29, 1.82) is 0 Å². The molecule has 8 nitrogen and oxygen atoms in total. The first-order chi connectivity index (χ1) is 12.8. The van der Waals surface area contributed by atoms with E-state index in [1.807, 2.05) is 0 Å². The molecule has 27 heavy (non-hydrogen) atoms. The van der Waals surface area contributed by atoms with Crippen LogP contribution in [0.2, 0.25) is 5.02 Å². The third kappa shape index (κ3) is 3.02. The highest BCUT2D eigenvalue weighted by atomic mass is 35.5. The molecule has 2 aliphatic rings. The first kappa shape index (κ1) is 17.7. The van der Waals surface area contributed by atoms with Crippen LogP contribution in [0.1, 0.15) is 0 Å². The van der Waals surface area contributed by atoms with E-state index in [-0.39, 0.29) is 23.2 Å². The highest BCUT2D eigenvalue weighted by Gasteiger charge is 2.54. The molecule has 0 bridgehead atoms. The third-order valence-corrected chi connectivity index (χ3v) is 6.76. The maximum Gasteiger partial charge on any atom is 0.329 e. The molecule has 0 aromatic heterocycles. The Balaban J connectivity index is 1.76. The molecule has 0 saturated carbocycles. The highest BCUT2D eigenvalue weighted by Crippen LogP contribution is 2.38. The summed E-state index contributed by atoms with van der Waals surface area (Å²) in [4.78, 5) is 26.3. The summed E-state index contributed by atoms with van der Waals surface area (Å²) in [5, 5.41) is 11.4. The molecule has 2 aromatic carbocycles. The zero-order chi connectivity index (χ0) is 19.3. The topological polar surface area (TPSA) is 101 Å². The standard InChI is InChI=1S/C17H14ClN3O5S/c18-11-1-3-12(4-2-11)19-15-9-27(25,26)10-16(15)20(17(19)22)13-5-7-14(8-6-13)21(23)24/h1-8,15-16H,9-10H2/t15-,16-/m1/s1. The molecule has 0 spiro atoms. The zero-order valence-corrected chi connectivity index (χ0v) is 15.4. The molecule has 2 amide bonds. The van der Waals surface area contributed by atoms with Crippen LogP contribution in [0.4, 0.5) is 21.9 Å². The van der Waals surface area contributed by atoms with Crippen LogP contribution in [-0.2, 0) is 9.84 Å². The Kier molecular flexibility index (Phi) is 4.08.